The summed E-state index contributed by atoms with van der Waals surface area (Å²) in [6, 6.07) is 0. The Labute approximate surface area is 63.4 Å². The summed E-state index contributed by atoms with van der Waals surface area (Å²) in [5, 5.41) is 0. The van der Waals surface area contributed by atoms with Gasteiger partial charge in [-0.2, -0.15) is 23.0 Å². The van der Waals surface area contributed by atoms with Gasteiger partial charge >= 0.3 is 24.7 Å². The Morgan fingerprint density at radius 2 is 1.58 bits per heavy atom. The minimum atomic E-state index is -3.47. The minimum absolute atomic E-state index is 0.845. The number of hydrogen-bond donors (Lipinski definition) is 1. The Bertz CT molecular complexity index is 163. The number of rotatable bonds is 2. The number of carbonyl (C=O) groups is 2. The summed E-state index contributed by atoms with van der Waals surface area (Å²) in [6.07, 6.45) is -6.89. The fourth-order valence-corrected chi connectivity index (χ4v) is 0.190. The molecule has 0 saturated heterocycles. The number of amides is 1. The third-order valence-corrected chi connectivity index (χ3v) is 0.629. The molecule has 0 bridgehead atoms. The first-order chi connectivity index (χ1) is 5.45. The van der Waals surface area contributed by atoms with Gasteiger partial charge in [0.05, 0.1) is 0 Å². The highest BCUT2D eigenvalue weighted by atomic mass is 19.3. The quantitative estimate of drug-likeness (QED) is 0.494. The van der Waals surface area contributed by atoms with Gasteiger partial charge < -0.3 is 4.84 Å². The fourth-order valence-electron chi connectivity index (χ4n) is 0.190. The Hall–Kier alpha value is -1.34. The average Bonchev–Trinajstić information content (AvgIpc) is 1.98. The second-order valence-electron chi connectivity index (χ2n) is 1.49. The van der Waals surface area contributed by atoms with Crippen LogP contribution < -0.4 is 5.48 Å². The predicted molar refractivity (Wildman–Crippen MR) is 26.2 cm³/mol. The number of halogens is 4. The molecule has 0 aliphatic carbocycles. The Balaban J connectivity index is 3.69. The first-order valence-corrected chi connectivity index (χ1v) is 2.52. The van der Waals surface area contributed by atoms with E-state index in [1.807, 2.05) is 0 Å². The first kappa shape index (κ1) is 10.7. The molecular formula is C4H3F4NO3. The van der Waals surface area contributed by atoms with Crippen molar-refractivity contribution >= 4 is 11.9 Å². The number of hydrogen-bond acceptors (Lipinski definition) is 3. The molecule has 0 radical (unpaired) electrons. The summed E-state index contributed by atoms with van der Waals surface area (Å²) in [7, 11) is 0. The van der Waals surface area contributed by atoms with E-state index in [-0.39, 0.29) is 0 Å². The molecule has 0 saturated carbocycles. The van der Waals surface area contributed by atoms with Gasteiger partial charge in [0.2, 0.25) is 0 Å². The fraction of sp³-hybridized carbons (Fsp3) is 0.500. The van der Waals surface area contributed by atoms with Gasteiger partial charge in [-0.3, -0.25) is 4.79 Å². The first-order valence-electron chi connectivity index (χ1n) is 2.52. The van der Waals surface area contributed by atoms with Crippen LogP contribution in [0, 0.1) is 0 Å². The second-order valence-corrected chi connectivity index (χ2v) is 1.49. The monoisotopic (exact) mass is 189 g/mol. The maximum atomic E-state index is 11.3. The van der Waals surface area contributed by atoms with E-state index in [9.17, 15) is 27.2 Å². The molecule has 0 aromatic rings. The molecule has 70 valence electrons. The van der Waals surface area contributed by atoms with Crippen molar-refractivity contribution in [3.63, 3.8) is 0 Å². The topological polar surface area (TPSA) is 55.4 Å². The lowest BCUT2D eigenvalue weighted by molar-refractivity contribution is -0.171. The summed E-state index contributed by atoms with van der Waals surface area (Å²) in [5.41, 5.74) is 0.845. The molecule has 0 heterocycles. The molecule has 0 atom stereocenters. The van der Waals surface area contributed by atoms with E-state index in [0.717, 1.165) is 5.48 Å². The zero-order valence-electron chi connectivity index (χ0n) is 5.39. The predicted octanol–water partition coefficient (Wildman–Crippen LogP) is 0.0910. The van der Waals surface area contributed by atoms with Crippen LogP contribution in [0.2, 0.25) is 0 Å². The zero-order chi connectivity index (χ0) is 9.72. The summed E-state index contributed by atoms with van der Waals surface area (Å²) >= 11 is 0. The van der Waals surface area contributed by atoms with Crippen LogP contribution in [0.4, 0.5) is 17.6 Å². The summed E-state index contributed by atoms with van der Waals surface area (Å²) in [5.74, 6) is -4.05. The van der Waals surface area contributed by atoms with Crippen LogP contribution >= 0.6 is 0 Å². The van der Waals surface area contributed by atoms with Crippen molar-refractivity contribution in [1.29, 1.82) is 0 Å². The largest absolute Gasteiger partial charge is 0.398 e. The summed E-state index contributed by atoms with van der Waals surface area (Å²) in [6.45, 7) is 0. The Kier molecular flexibility index (Phi) is 4.02. The molecule has 0 aliphatic rings. The van der Waals surface area contributed by atoms with Gasteiger partial charge in [0.25, 0.3) is 0 Å². The van der Waals surface area contributed by atoms with Crippen molar-refractivity contribution < 1.29 is 32.0 Å². The zero-order valence-corrected chi connectivity index (χ0v) is 5.39. The van der Waals surface area contributed by atoms with Crippen LogP contribution in [0.15, 0.2) is 0 Å². The van der Waals surface area contributed by atoms with Gasteiger partial charge in [-0.15, -0.1) is 0 Å². The molecule has 12 heavy (non-hydrogen) atoms. The van der Waals surface area contributed by atoms with Crippen LogP contribution in [-0.4, -0.2) is 24.7 Å². The van der Waals surface area contributed by atoms with Gasteiger partial charge in [0, 0.05) is 0 Å². The molecule has 0 rings (SSSR count). The molecule has 0 aromatic carbocycles. The van der Waals surface area contributed by atoms with Crippen molar-refractivity contribution in [2.75, 3.05) is 0 Å². The van der Waals surface area contributed by atoms with E-state index < -0.39 is 24.7 Å². The van der Waals surface area contributed by atoms with Gasteiger partial charge in [0.15, 0.2) is 0 Å². The van der Waals surface area contributed by atoms with E-state index in [2.05, 4.69) is 4.84 Å². The SMILES string of the molecule is O=C(NOC(=O)C(F)F)C(F)F. The Morgan fingerprint density at radius 1 is 1.08 bits per heavy atom. The van der Waals surface area contributed by atoms with Gasteiger partial charge in [0.1, 0.15) is 0 Å². The van der Waals surface area contributed by atoms with Crippen molar-refractivity contribution in [1.82, 2.24) is 5.48 Å². The average molecular weight is 189 g/mol. The van der Waals surface area contributed by atoms with Crippen LogP contribution in [0.1, 0.15) is 0 Å². The van der Waals surface area contributed by atoms with E-state index in [4.69, 9.17) is 0 Å². The highest BCUT2D eigenvalue weighted by Gasteiger charge is 2.21. The van der Waals surface area contributed by atoms with Crippen molar-refractivity contribution in [2.45, 2.75) is 12.9 Å². The highest BCUT2D eigenvalue weighted by molar-refractivity contribution is 5.80. The molecule has 1 N–H and O–H groups in total. The lowest BCUT2D eigenvalue weighted by Gasteiger charge is -2.02. The normalized spacial score (nSPS) is 10.2. The van der Waals surface area contributed by atoms with Crippen LogP contribution in [0.5, 0.6) is 0 Å². The number of hydroxylamine groups is 1. The standard InChI is InChI=1S/C4H3F4NO3/c5-1(6)3(10)9-12-4(11)2(7)8/h1-2H,(H,9,10). The number of carbonyl (C=O) groups excluding carboxylic acids is 2. The van der Waals surface area contributed by atoms with Crippen LogP contribution in [-0.2, 0) is 14.4 Å². The molecule has 8 heteroatoms. The Morgan fingerprint density at radius 3 is 1.92 bits per heavy atom. The van der Waals surface area contributed by atoms with Crippen LogP contribution in [0.25, 0.3) is 0 Å². The molecule has 0 aromatic heterocycles. The second kappa shape index (κ2) is 4.52. The van der Waals surface area contributed by atoms with Crippen LogP contribution in [0.3, 0.4) is 0 Å². The molecular weight excluding hydrogens is 186 g/mol. The lowest BCUT2D eigenvalue weighted by Crippen LogP contribution is -2.33. The maximum absolute atomic E-state index is 11.3. The highest BCUT2D eigenvalue weighted by Crippen LogP contribution is 1.95. The van der Waals surface area contributed by atoms with Crippen molar-refractivity contribution in [3.8, 4) is 0 Å². The van der Waals surface area contributed by atoms with Gasteiger partial charge in [-0.05, 0) is 0 Å². The van der Waals surface area contributed by atoms with E-state index >= 15 is 0 Å². The van der Waals surface area contributed by atoms with E-state index in [1.54, 1.807) is 0 Å². The number of nitrogens with one attached hydrogen (secondary N) is 1. The third-order valence-electron chi connectivity index (χ3n) is 0.629. The van der Waals surface area contributed by atoms with Gasteiger partial charge in [-0.25, -0.2) is 4.79 Å². The molecule has 1 amide bonds. The molecule has 0 spiro atoms. The maximum Gasteiger partial charge on any atom is 0.398 e. The summed E-state index contributed by atoms with van der Waals surface area (Å²) in [4.78, 5) is 23.0. The molecule has 0 fully saturated rings. The van der Waals surface area contributed by atoms with E-state index in [0.29, 0.717) is 0 Å². The minimum Gasteiger partial charge on any atom is -0.335 e. The molecule has 4 nitrogen and oxygen atoms in total. The summed E-state index contributed by atoms with van der Waals surface area (Å²) < 4.78 is 45.1. The van der Waals surface area contributed by atoms with Crippen molar-refractivity contribution in [3.05, 3.63) is 0 Å². The lowest BCUT2D eigenvalue weighted by atomic mass is 10.7. The molecule has 0 unspecified atom stereocenters. The third kappa shape index (κ3) is 3.74. The smallest absolute Gasteiger partial charge is 0.335 e. The van der Waals surface area contributed by atoms with E-state index in [1.165, 1.54) is 0 Å². The number of alkyl halides is 4. The van der Waals surface area contributed by atoms with Crippen molar-refractivity contribution in [2.24, 2.45) is 0 Å². The molecule has 0 aliphatic heterocycles. The van der Waals surface area contributed by atoms with Gasteiger partial charge in [-0.1, -0.05) is 0 Å².